The molecule has 0 fully saturated rings. The topological polar surface area (TPSA) is 92.3 Å². The number of hydrogen-bond donors (Lipinski definition) is 2. The van der Waals surface area contributed by atoms with Crippen LogP contribution in [0.4, 0.5) is 0 Å². The molecule has 2 aliphatic rings. The molecule has 6 nitrogen and oxygen atoms in total. The largest absolute Gasteiger partial charge is 0.288 e. The molecule has 0 saturated carbocycles. The van der Waals surface area contributed by atoms with Gasteiger partial charge in [0.1, 0.15) is 0 Å². The Kier molecular flexibility index (Phi) is 2.86. The number of nitrogens with one attached hydrogen (secondary N) is 2. The highest BCUT2D eigenvalue weighted by Crippen LogP contribution is 2.47. The van der Waals surface area contributed by atoms with Crippen molar-refractivity contribution in [3.63, 3.8) is 0 Å². The van der Waals surface area contributed by atoms with Crippen molar-refractivity contribution in [1.82, 2.24) is 10.6 Å². The molecular weight excluding hydrogens is 460 g/mol. The molecule has 2 heterocycles. The standard InChI is InChI=1S/C24H9BrN2O4/c25-15-7-14-18-13(23(30)27-24(14)31)5-2-9-8-1-4-11-17-12(22(29)26-21(11)28)6-3-10(16(8)17)19(15)20(9)18/h1-7H,(H,26,28,29)(H,27,30,31). The second-order valence-electron chi connectivity index (χ2n) is 7.83. The van der Waals surface area contributed by atoms with Crippen LogP contribution in [0.3, 0.4) is 0 Å². The minimum Gasteiger partial charge on any atom is -0.288 e. The lowest BCUT2D eigenvalue weighted by Crippen LogP contribution is -2.35. The predicted molar refractivity (Wildman–Crippen MR) is 119 cm³/mol. The first kappa shape index (κ1) is 16.9. The molecule has 4 amide bonds. The average molecular weight is 469 g/mol. The van der Waals surface area contributed by atoms with E-state index in [0.717, 1.165) is 32.3 Å². The first-order valence-electron chi connectivity index (χ1n) is 9.56. The van der Waals surface area contributed by atoms with E-state index in [1.807, 2.05) is 18.2 Å². The molecule has 0 saturated heterocycles. The molecule has 0 aromatic heterocycles. The first-order valence-corrected chi connectivity index (χ1v) is 10.4. The van der Waals surface area contributed by atoms with Gasteiger partial charge < -0.3 is 0 Å². The summed E-state index contributed by atoms with van der Waals surface area (Å²) in [6, 6.07) is 12.5. The zero-order valence-corrected chi connectivity index (χ0v) is 17.1. The Morgan fingerprint density at radius 3 is 1.52 bits per heavy atom. The number of rotatable bonds is 0. The van der Waals surface area contributed by atoms with E-state index >= 15 is 0 Å². The van der Waals surface area contributed by atoms with Gasteiger partial charge in [0, 0.05) is 48.3 Å². The summed E-state index contributed by atoms with van der Waals surface area (Å²) in [5, 5.41) is 11.1. The van der Waals surface area contributed by atoms with E-state index in [2.05, 4.69) is 26.6 Å². The quantitative estimate of drug-likeness (QED) is 0.201. The van der Waals surface area contributed by atoms with E-state index in [-0.39, 0.29) is 0 Å². The van der Waals surface area contributed by atoms with Crippen LogP contribution >= 0.6 is 15.9 Å². The first-order chi connectivity index (χ1) is 15.0. The van der Waals surface area contributed by atoms with Crippen LogP contribution in [0.2, 0.25) is 0 Å². The van der Waals surface area contributed by atoms with Crippen LogP contribution < -0.4 is 10.6 Å². The zero-order chi connectivity index (χ0) is 21.2. The van der Waals surface area contributed by atoms with Gasteiger partial charge >= 0.3 is 0 Å². The van der Waals surface area contributed by atoms with Crippen molar-refractivity contribution >= 4 is 82.6 Å². The maximum atomic E-state index is 12.6. The van der Waals surface area contributed by atoms with E-state index in [0.29, 0.717) is 37.5 Å². The summed E-state index contributed by atoms with van der Waals surface area (Å²) in [4.78, 5) is 50.1. The Balaban J connectivity index is 1.85. The van der Waals surface area contributed by atoms with Crippen molar-refractivity contribution in [2.75, 3.05) is 0 Å². The molecule has 5 aromatic carbocycles. The van der Waals surface area contributed by atoms with Crippen LogP contribution in [0, 0.1) is 0 Å². The molecule has 0 atom stereocenters. The van der Waals surface area contributed by atoms with E-state index in [9.17, 15) is 19.2 Å². The Hall–Kier alpha value is -3.84. The highest BCUT2D eigenvalue weighted by Gasteiger charge is 2.31. The summed E-state index contributed by atoms with van der Waals surface area (Å²) in [7, 11) is 0. The fraction of sp³-hybridized carbons (Fsp3) is 0. The van der Waals surface area contributed by atoms with Gasteiger partial charge in [-0.3, -0.25) is 29.8 Å². The van der Waals surface area contributed by atoms with Crippen LogP contribution in [-0.4, -0.2) is 23.6 Å². The number of imide groups is 2. The lowest BCUT2D eigenvalue weighted by atomic mass is 9.83. The zero-order valence-electron chi connectivity index (χ0n) is 15.6. The Bertz CT molecular complexity index is 1750. The number of carbonyl (C=O) groups excluding carboxylic acids is 4. The number of carbonyl (C=O) groups is 4. The molecule has 2 N–H and O–H groups in total. The molecular formula is C24H9BrN2O4. The lowest BCUT2D eigenvalue weighted by Gasteiger charge is -2.24. The lowest BCUT2D eigenvalue weighted by molar-refractivity contribution is 0.0828. The van der Waals surface area contributed by atoms with E-state index < -0.39 is 23.6 Å². The summed E-state index contributed by atoms with van der Waals surface area (Å²) in [5.41, 5.74) is 1.79. The minimum absolute atomic E-state index is 0.418. The minimum atomic E-state index is -0.430. The third-order valence-corrected chi connectivity index (χ3v) is 7.01. The smallest absolute Gasteiger partial charge is 0.258 e. The number of benzene rings is 5. The molecule has 2 aliphatic heterocycles. The van der Waals surface area contributed by atoms with Crippen LogP contribution in [-0.2, 0) is 0 Å². The van der Waals surface area contributed by atoms with Crippen LogP contribution in [0.5, 0.6) is 0 Å². The Morgan fingerprint density at radius 2 is 0.935 bits per heavy atom. The maximum absolute atomic E-state index is 12.6. The molecule has 7 heteroatoms. The number of amides is 4. The van der Waals surface area contributed by atoms with Crippen molar-refractivity contribution in [1.29, 1.82) is 0 Å². The van der Waals surface area contributed by atoms with Crippen molar-refractivity contribution < 1.29 is 19.2 Å². The molecule has 31 heavy (non-hydrogen) atoms. The fourth-order valence-electron chi connectivity index (χ4n) is 5.17. The average Bonchev–Trinajstić information content (AvgIpc) is 2.75. The van der Waals surface area contributed by atoms with Crippen LogP contribution in [0.1, 0.15) is 41.4 Å². The number of fused-ring (bicyclic) bond motifs is 2. The molecule has 7 rings (SSSR count). The third-order valence-electron chi connectivity index (χ3n) is 6.39. The van der Waals surface area contributed by atoms with Gasteiger partial charge in [0.2, 0.25) is 0 Å². The predicted octanol–water partition coefficient (Wildman–Crippen LogP) is 4.27. The van der Waals surface area contributed by atoms with Gasteiger partial charge in [-0.05, 0) is 45.8 Å². The third kappa shape index (κ3) is 1.84. The summed E-state index contributed by atoms with van der Waals surface area (Å²) in [5.74, 6) is -1.69. The van der Waals surface area contributed by atoms with Gasteiger partial charge in [-0.15, -0.1) is 0 Å². The molecule has 146 valence electrons. The summed E-state index contributed by atoms with van der Waals surface area (Å²) in [6.45, 7) is 0. The maximum Gasteiger partial charge on any atom is 0.258 e. The Morgan fingerprint density at radius 1 is 0.484 bits per heavy atom. The van der Waals surface area contributed by atoms with Gasteiger partial charge in [0.25, 0.3) is 23.6 Å². The molecule has 5 aromatic rings. The van der Waals surface area contributed by atoms with Crippen molar-refractivity contribution in [3.8, 4) is 0 Å². The summed E-state index contributed by atoms with van der Waals surface area (Å²) < 4.78 is 0.704. The molecule has 0 radical (unpaired) electrons. The molecule has 0 unspecified atom stereocenters. The van der Waals surface area contributed by atoms with Gasteiger partial charge in [-0.25, -0.2) is 0 Å². The second-order valence-corrected chi connectivity index (χ2v) is 8.68. The fourth-order valence-corrected chi connectivity index (χ4v) is 5.81. The normalized spacial score (nSPS) is 15.4. The van der Waals surface area contributed by atoms with Gasteiger partial charge in [-0.2, -0.15) is 0 Å². The van der Waals surface area contributed by atoms with Crippen LogP contribution in [0.25, 0.3) is 43.1 Å². The summed E-state index contributed by atoms with van der Waals surface area (Å²) in [6.07, 6.45) is 0. The molecule has 0 aliphatic carbocycles. The Labute approximate surface area is 181 Å². The van der Waals surface area contributed by atoms with Gasteiger partial charge in [-0.1, -0.05) is 34.1 Å². The molecule has 0 spiro atoms. The highest BCUT2D eigenvalue weighted by molar-refractivity contribution is 9.10. The van der Waals surface area contributed by atoms with Crippen molar-refractivity contribution in [2.45, 2.75) is 0 Å². The number of hydrogen-bond acceptors (Lipinski definition) is 4. The van der Waals surface area contributed by atoms with E-state index in [1.54, 1.807) is 24.3 Å². The van der Waals surface area contributed by atoms with Crippen LogP contribution in [0.15, 0.2) is 46.9 Å². The van der Waals surface area contributed by atoms with Crippen molar-refractivity contribution in [2.24, 2.45) is 0 Å². The monoisotopic (exact) mass is 468 g/mol. The number of halogens is 1. The van der Waals surface area contributed by atoms with E-state index in [1.165, 1.54) is 0 Å². The second kappa shape index (κ2) is 5.25. The summed E-state index contributed by atoms with van der Waals surface area (Å²) >= 11 is 3.63. The van der Waals surface area contributed by atoms with E-state index in [4.69, 9.17) is 0 Å². The SMILES string of the molecule is O=C1NC(=O)c2ccc3c4c(Br)cc5c6c(ccc(c7ccc1c2c73)c64)C(=O)NC5=O. The molecule has 0 bridgehead atoms. The van der Waals surface area contributed by atoms with Crippen molar-refractivity contribution in [3.05, 3.63) is 69.2 Å². The highest BCUT2D eigenvalue weighted by atomic mass is 79.9. The van der Waals surface area contributed by atoms with Gasteiger partial charge in [0.05, 0.1) is 0 Å². The van der Waals surface area contributed by atoms with Gasteiger partial charge in [0.15, 0.2) is 0 Å².